The average molecular weight is 338 g/mol. The summed E-state index contributed by atoms with van der Waals surface area (Å²) in [6.07, 6.45) is 0.788. The van der Waals surface area contributed by atoms with Crippen molar-refractivity contribution >= 4 is 38.9 Å². The van der Waals surface area contributed by atoms with Gasteiger partial charge in [-0.05, 0) is 32.1 Å². The number of nitrogens with two attached hydrogens (primary N) is 1. The van der Waals surface area contributed by atoms with E-state index in [0.717, 1.165) is 13.0 Å². The molecule has 0 amide bonds. The van der Waals surface area contributed by atoms with E-state index in [1.165, 1.54) is 16.4 Å². The Kier molecular flexibility index (Phi) is 4.81. The zero-order valence-corrected chi connectivity index (χ0v) is 13.5. The quantitative estimate of drug-likeness (QED) is 0.837. The zero-order valence-electron chi connectivity index (χ0n) is 11.1. The van der Waals surface area contributed by atoms with E-state index in [1.807, 2.05) is 7.05 Å². The van der Waals surface area contributed by atoms with Crippen molar-refractivity contribution in [2.45, 2.75) is 11.3 Å². The second-order valence-electron chi connectivity index (χ2n) is 4.83. The number of anilines is 1. The molecule has 20 heavy (non-hydrogen) atoms. The topological polar surface area (TPSA) is 66.6 Å². The number of sulfonamides is 1. The standard InChI is InChI=1S/C12H17Cl2N3O2S/c1-16-5-2-6-17(8-7-16)20(18,19)10-4-3-9(13)12(15)11(10)14/h3-4H,2,5-8,15H2,1H3. The summed E-state index contributed by atoms with van der Waals surface area (Å²) in [6.45, 7) is 2.49. The first kappa shape index (κ1) is 15.9. The minimum Gasteiger partial charge on any atom is -0.396 e. The molecule has 1 aromatic rings. The summed E-state index contributed by atoms with van der Waals surface area (Å²) in [4.78, 5) is 2.12. The van der Waals surface area contributed by atoms with Crippen LogP contribution in [0.5, 0.6) is 0 Å². The molecule has 1 saturated heterocycles. The van der Waals surface area contributed by atoms with Crippen molar-refractivity contribution in [1.29, 1.82) is 0 Å². The van der Waals surface area contributed by atoms with Crippen molar-refractivity contribution < 1.29 is 8.42 Å². The summed E-state index contributed by atoms with van der Waals surface area (Å²) in [5.41, 5.74) is 5.81. The highest BCUT2D eigenvalue weighted by molar-refractivity contribution is 7.89. The number of nitrogens with zero attached hydrogens (tertiary/aromatic N) is 2. The lowest BCUT2D eigenvalue weighted by Gasteiger charge is -2.21. The van der Waals surface area contributed by atoms with Crippen LogP contribution in [0.4, 0.5) is 5.69 Å². The molecule has 5 nitrogen and oxygen atoms in total. The van der Waals surface area contributed by atoms with Gasteiger partial charge in [0.05, 0.1) is 15.7 Å². The molecular formula is C12H17Cl2N3O2S. The van der Waals surface area contributed by atoms with Gasteiger partial charge in [-0.3, -0.25) is 0 Å². The van der Waals surface area contributed by atoms with Crippen molar-refractivity contribution in [3.63, 3.8) is 0 Å². The molecule has 0 spiro atoms. The van der Waals surface area contributed by atoms with E-state index < -0.39 is 10.0 Å². The molecule has 0 aromatic heterocycles. The van der Waals surface area contributed by atoms with E-state index in [0.29, 0.717) is 19.6 Å². The molecule has 0 radical (unpaired) electrons. The molecule has 8 heteroatoms. The molecule has 0 atom stereocenters. The first-order valence-corrected chi connectivity index (χ1v) is 8.46. The van der Waals surface area contributed by atoms with E-state index in [4.69, 9.17) is 28.9 Å². The van der Waals surface area contributed by atoms with Crippen molar-refractivity contribution in [2.24, 2.45) is 0 Å². The third-order valence-electron chi connectivity index (χ3n) is 3.39. The van der Waals surface area contributed by atoms with Gasteiger partial charge in [-0.15, -0.1) is 0 Å². The second kappa shape index (κ2) is 6.07. The van der Waals surface area contributed by atoms with Gasteiger partial charge in [-0.25, -0.2) is 8.42 Å². The third-order valence-corrected chi connectivity index (χ3v) is 6.18. The second-order valence-corrected chi connectivity index (χ2v) is 7.53. The highest BCUT2D eigenvalue weighted by Gasteiger charge is 2.29. The molecule has 1 aromatic carbocycles. The molecule has 0 unspecified atom stereocenters. The number of hydrogen-bond acceptors (Lipinski definition) is 4. The molecule has 0 saturated carbocycles. The Labute approximate surface area is 129 Å². The maximum atomic E-state index is 12.7. The van der Waals surface area contributed by atoms with Gasteiger partial charge in [0.25, 0.3) is 0 Å². The fraction of sp³-hybridized carbons (Fsp3) is 0.500. The molecule has 2 rings (SSSR count). The number of benzene rings is 1. The Morgan fingerprint density at radius 2 is 1.85 bits per heavy atom. The molecule has 112 valence electrons. The first-order chi connectivity index (χ1) is 9.34. The zero-order chi connectivity index (χ0) is 14.9. The van der Waals surface area contributed by atoms with Gasteiger partial charge < -0.3 is 10.6 Å². The van der Waals surface area contributed by atoms with Crippen LogP contribution >= 0.6 is 23.2 Å². The van der Waals surface area contributed by atoms with Crippen LogP contribution in [0.1, 0.15) is 6.42 Å². The minimum atomic E-state index is -3.64. The highest BCUT2D eigenvalue weighted by atomic mass is 35.5. The monoisotopic (exact) mass is 337 g/mol. The summed E-state index contributed by atoms with van der Waals surface area (Å²) < 4.78 is 26.8. The smallest absolute Gasteiger partial charge is 0.244 e. The van der Waals surface area contributed by atoms with Gasteiger partial charge in [0, 0.05) is 19.6 Å². The Bertz CT molecular complexity index is 607. The largest absolute Gasteiger partial charge is 0.396 e. The van der Waals surface area contributed by atoms with Gasteiger partial charge in [0.2, 0.25) is 10.0 Å². The van der Waals surface area contributed by atoms with Crippen LogP contribution < -0.4 is 5.73 Å². The number of halogens is 2. The summed E-state index contributed by atoms with van der Waals surface area (Å²) in [7, 11) is -1.67. The number of nitrogen functional groups attached to an aromatic ring is 1. The van der Waals surface area contributed by atoms with Crippen LogP contribution in [0.2, 0.25) is 10.0 Å². The molecular weight excluding hydrogens is 321 g/mol. The molecule has 0 bridgehead atoms. The van der Waals surface area contributed by atoms with Gasteiger partial charge in [-0.2, -0.15) is 4.31 Å². The lowest BCUT2D eigenvalue weighted by atomic mass is 10.3. The van der Waals surface area contributed by atoms with E-state index in [9.17, 15) is 8.42 Å². The maximum absolute atomic E-state index is 12.7. The van der Waals surface area contributed by atoms with E-state index >= 15 is 0 Å². The van der Waals surface area contributed by atoms with Crippen molar-refractivity contribution in [2.75, 3.05) is 39.0 Å². The molecule has 1 aliphatic heterocycles. The Morgan fingerprint density at radius 1 is 1.15 bits per heavy atom. The van der Waals surface area contributed by atoms with E-state index in [1.54, 1.807) is 0 Å². The SMILES string of the molecule is CN1CCCN(S(=O)(=O)c2ccc(Cl)c(N)c2Cl)CC1. The predicted octanol–water partition coefficient (Wildman–Crippen LogP) is 1.90. The fourth-order valence-corrected chi connectivity index (χ4v) is 4.36. The molecule has 1 heterocycles. The molecule has 0 aliphatic carbocycles. The van der Waals surface area contributed by atoms with Gasteiger partial charge in [0.15, 0.2) is 0 Å². The van der Waals surface area contributed by atoms with Crippen LogP contribution in [-0.2, 0) is 10.0 Å². The summed E-state index contributed by atoms with van der Waals surface area (Å²) in [5, 5.41) is 0.250. The van der Waals surface area contributed by atoms with Crippen LogP contribution in [-0.4, -0.2) is 50.8 Å². The Hall–Kier alpha value is -0.530. The average Bonchev–Trinajstić information content (AvgIpc) is 2.61. The van der Waals surface area contributed by atoms with Crippen molar-refractivity contribution in [1.82, 2.24) is 9.21 Å². The van der Waals surface area contributed by atoms with Gasteiger partial charge in [-0.1, -0.05) is 23.2 Å². The van der Waals surface area contributed by atoms with Gasteiger partial charge >= 0.3 is 0 Å². The Balaban J connectivity index is 2.37. The Morgan fingerprint density at radius 3 is 2.55 bits per heavy atom. The van der Waals surface area contributed by atoms with E-state index in [2.05, 4.69) is 4.90 Å². The molecule has 1 aliphatic rings. The van der Waals surface area contributed by atoms with Gasteiger partial charge in [0.1, 0.15) is 4.90 Å². The normalized spacial score (nSPS) is 18.9. The predicted molar refractivity (Wildman–Crippen MR) is 81.7 cm³/mol. The fourth-order valence-electron chi connectivity index (χ4n) is 2.15. The van der Waals surface area contributed by atoms with Crippen LogP contribution in [0, 0.1) is 0 Å². The van der Waals surface area contributed by atoms with Crippen molar-refractivity contribution in [3.8, 4) is 0 Å². The summed E-state index contributed by atoms with van der Waals surface area (Å²) in [6, 6.07) is 2.87. The maximum Gasteiger partial charge on any atom is 0.244 e. The van der Waals surface area contributed by atoms with Crippen LogP contribution in [0.15, 0.2) is 17.0 Å². The number of likely N-dealkylation sites (N-methyl/N-ethyl adjacent to an activating group) is 1. The van der Waals surface area contributed by atoms with Crippen molar-refractivity contribution in [3.05, 3.63) is 22.2 Å². The lowest BCUT2D eigenvalue weighted by molar-refractivity contribution is 0.347. The number of rotatable bonds is 2. The highest BCUT2D eigenvalue weighted by Crippen LogP contribution is 2.34. The van der Waals surface area contributed by atoms with E-state index in [-0.39, 0.29) is 20.6 Å². The molecule has 1 fully saturated rings. The third kappa shape index (κ3) is 3.04. The van der Waals surface area contributed by atoms with Crippen LogP contribution in [0.3, 0.4) is 0 Å². The lowest BCUT2D eigenvalue weighted by Crippen LogP contribution is -2.34. The van der Waals surface area contributed by atoms with Crippen LogP contribution in [0.25, 0.3) is 0 Å². The number of hydrogen-bond donors (Lipinski definition) is 1. The summed E-state index contributed by atoms with van der Waals surface area (Å²) >= 11 is 11.9. The molecule has 2 N–H and O–H groups in total. The minimum absolute atomic E-state index is 0.00454. The first-order valence-electron chi connectivity index (χ1n) is 6.26. The summed E-state index contributed by atoms with van der Waals surface area (Å²) in [5.74, 6) is 0.